The highest BCUT2D eigenvalue weighted by Gasteiger charge is 2.28. The van der Waals surface area contributed by atoms with Crippen LogP contribution in [-0.2, 0) is 9.53 Å². The molecule has 0 amide bonds. The number of fused-ring (bicyclic) bond motifs is 1. The van der Waals surface area contributed by atoms with Crippen LogP contribution in [0.2, 0.25) is 5.02 Å². The second-order valence-electron chi connectivity index (χ2n) is 3.63. The van der Waals surface area contributed by atoms with Crippen LogP contribution in [0, 0.1) is 0 Å². The predicted molar refractivity (Wildman–Crippen MR) is 58.0 cm³/mol. The van der Waals surface area contributed by atoms with E-state index in [9.17, 15) is 9.90 Å². The van der Waals surface area contributed by atoms with Gasteiger partial charge in [0.05, 0.1) is 25.2 Å². The topological polar surface area (TPSA) is 55.8 Å². The molecule has 1 heterocycles. The van der Waals surface area contributed by atoms with Crippen LogP contribution in [0.25, 0.3) is 0 Å². The molecule has 1 aliphatic heterocycles. The average Bonchev–Trinajstić information content (AvgIpc) is 2.62. The van der Waals surface area contributed by atoms with E-state index in [1.54, 1.807) is 6.07 Å². The molecule has 0 radical (unpaired) electrons. The van der Waals surface area contributed by atoms with Gasteiger partial charge in [-0.05, 0) is 6.07 Å². The maximum absolute atomic E-state index is 11.2. The number of hydrogen-bond donors (Lipinski definition) is 1. The molecule has 0 fully saturated rings. The monoisotopic (exact) mass is 242 g/mol. The molecule has 1 aromatic carbocycles. The quantitative estimate of drug-likeness (QED) is 0.807. The average molecular weight is 243 g/mol. The summed E-state index contributed by atoms with van der Waals surface area (Å²) in [6.45, 7) is 0.407. The summed E-state index contributed by atoms with van der Waals surface area (Å²) in [5.41, 5.74) is 0.841. The van der Waals surface area contributed by atoms with Gasteiger partial charge in [0.2, 0.25) is 0 Å². The Labute approximate surface area is 97.7 Å². The Bertz CT molecular complexity index is 430. The molecule has 4 nitrogen and oxygen atoms in total. The summed E-state index contributed by atoms with van der Waals surface area (Å²) in [5, 5.41) is 9.66. The van der Waals surface area contributed by atoms with E-state index in [4.69, 9.17) is 16.3 Å². The molecule has 0 spiro atoms. The van der Waals surface area contributed by atoms with Gasteiger partial charge < -0.3 is 14.6 Å². The molecule has 0 bridgehead atoms. The molecule has 2 rings (SSSR count). The first-order valence-corrected chi connectivity index (χ1v) is 5.21. The summed E-state index contributed by atoms with van der Waals surface area (Å²) in [5.74, 6) is 0.223. The summed E-state index contributed by atoms with van der Waals surface area (Å²) in [7, 11) is 1.35. The number of ether oxygens (including phenoxy) is 2. The van der Waals surface area contributed by atoms with Crippen molar-refractivity contribution in [1.82, 2.24) is 0 Å². The smallest absolute Gasteiger partial charge is 0.306 e. The lowest BCUT2D eigenvalue weighted by Crippen LogP contribution is -2.09. The first-order valence-electron chi connectivity index (χ1n) is 4.84. The lowest BCUT2D eigenvalue weighted by atomic mass is 9.98. The molecular formula is C11H11ClO4. The van der Waals surface area contributed by atoms with Crippen LogP contribution in [0.3, 0.4) is 0 Å². The van der Waals surface area contributed by atoms with Crippen molar-refractivity contribution in [2.45, 2.75) is 12.3 Å². The third-order valence-electron chi connectivity index (χ3n) is 2.60. The van der Waals surface area contributed by atoms with Crippen molar-refractivity contribution in [3.05, 3.63) is 22.7 Å². The summed E-state index contributed by atoms with van der Waals surface area (Å²) in [6.07, 6.45) is 0.255. The third-order valence-corrected chi connectivity index (χ3v) is 2.90. The first-order chi connectivity index (χ1) is 7.61. The van der Waals surface area contributed by atoms with Gasteiger partial charge in [-0.25, -0.2) is 0 Å². The Balaban J connectivity index is 2.25. The zero-order chi connectivity index (χ0) is 11.7. The molecule has 1 aromatic rings. The van der Waals surface area contributed by atoms with Gasteiger partial charge in [-0.3, -0.25) is 4.79 Å². The van der Waals surface area contributed by atoms with Crippen LogP contribution in [-0.4, -0.2) is 24.8 Å². The number of hydrogen-bond acceptors (Lipinski definition) is 4. The number of methoxy groups -OCH3 is 1. The minimum atomic E-state index is -0.286. The molecule has 0 aromatic heterocycles. The van der Waals surface area contributed by atoms with Gasteiger partial charge in [0.1, 0.15) is 11.5 Å². The summed E-state index contributed by atoms with van der Waals surface area (Å²) >= 11 is 5.81. The van der Waals surface area contributed by atoms with Crippen LogP contribution in [0.15, 0.2) is 12.1 Å². The van der Waals surface area contributed by atoms with Gasteiger partial charge >= 0.3 is 5.97 Å². The Hall–Kier alpha value is -1.42. The van der Waals surface area contributed by atoms with Gasteiger partial charge in [0.15, 0.2) is 0 Å². The molecule has 16 heavy (non-hydrogen) atoms. The summed E-state index contributed by atoms with van der Waals surface area (Å²) < 4.78 is 9.97. The predicted octanol–water partition coefficient (Wildman–Crippen LogP) is 2.08. The minimum absolute atomic E-state index is 0.0147. The van der Waals surface area contributed by atoms with Crippen LogP contribution in [0.4, 0.5) is 0 Å². The molecule has 1 unspecified atom stereocenters. The van der Waals surface area contributed by atoms with E-state index in [1.165, 1.54) is 13.2 Å². The van der Waals surface area contributed by atoms with Crippen LogP contribution >= 0.6 is 11.6 Å². The highest BCUT2D eigenvalue weighted by molar-refractivity contribution is 6.32. The summed E-state index contributed by atoms with van der Waals surface area (Å²) in [4.78, 5) is 11.2. The molecule has 5 heteroatoms. The van der Waals surface area contributed by atoms with Crippen LogP contribution < -0.4 is 4.74 Å². The van der Waals surface area contributed by atoms with E-state index in [0.29, 0.717) is 12.4 Å². The van der Waals surface area contributed by atoms with Crippen molar-refractivity contribution in [2.24, 2.45) is 0 Å². The second-order valence-corrected chi connectivity index (χ2v) is 4.04. The van der Waals surface area contributed by atoms with Crippen molar-refractivity contribution in [2.75, 3.05) is 13.7 Å². The number of phenols is 1. The number of halogens is 1. The standard InChI is InChI=1S/C11H11ClO4/c1-15-11(14)2-6-5-16-10-4-9(13)8(12)3-7(6)10/h3-4,6,13H,2,5H2,1H3. The number of carbonyl (C=O) groups excluding carboxylic acids is 1. The number of benzene rings is 1. The molecule has 1 aliphatic rings. The van der Waals surface area contributed by atoms with Crippen molar-refractivity contribution >= 4 is 17.6 Å². The van der Waals surface area contributed by atoms with E-state index in [1.807, 2.05) is 0 Å². The molecule has 1 atom stereocenters. The fraction of sp³-hybridized carbons (Fsp3) is 0.364. The van der Waals surface area contributed by atoms with E-state index < -0.39 is 0 Å². The summed E-state index contributed by atoms with van der Waals surface area (Å²) in [6, 6.07) is 3.10. The van der Waals surface area contributed by atoms with Crippen molar-refractivity contribution in [3.8, 4) is 11.5 Å². The maximum atomic E-state index is 11.2. The van der Waals surface area contributed by atoms with E-state index in [2.05, 4.69) is 4.74 Å². The van der Waals surface area contributed by atoms with Gasteiger partial charge in [-0.1, -0.05) is 11.6 Å². The number of rotatable bonds is 2. The highest BCUT2D eigenvalue weighted by Crippen LogP contribution is 2.41. The van der Waals surface area contributed by atoms with Crippen molar-refractivity contribution < 1.29 is 19.4 Å². The Kier molecular flexibility index (Phi) is 2.92. The fourth-order valence-electron chi connectivity index (χ4n) is 1.74. The molecule has 0 saturated carbocycles. The number of esters is 1. The number of aromatic hydroxyl groups is 1. The third kappa shape index (κ3) is 1.93. The van der Waals surface area contributed by atoms with Gasteiger partial charge in [-0.15, -0.1) is 0 Å². The van der Waals surface area contributed by atoms with E-state index in [0.717, 1.165) is 5.56 Å². The normalized spacial score (nSPS) is 17.8. The molecule has 0 saturated heterocycles. The van der Waals surface area contributed by atoms with Crippen LogP contribution in [0.1, 0.15) is 17.9 Å². The number of carbonyl (C=O) groups is 1. The van der Waals surface area contributed by atoms with Crippen molar-refractivity contribution in [3.63, 3.8) is 0 Å². The molecular weight excluding hydrogens is 232 g/mol. The molecule has 0 aliphatic carbocycles. The van der Waals surface area contributed by atoms with Crippen LogP contribution in [0.5, 0.6) is 11.5 Å². The Morgan fingerprint density at radius 2 is 2.44 bits per heavy atom. The fourth-order valence-corrected chi connectivity index (χ4v) is 1.91. The first kappa shape index (κ1) is 11.1. The number of phenolic OH excluding ortho intramolecular Hbond substituents is 1. The minimum Gasteiger partial charge on any atom is -0.506 e. The maximum Gasteiger partial charge on any atom is 0.306 e. The molecule has 86 valence electrons. The highest BCUT2D eigenvalue weighted by atomic mass is 35.5. The lowest BCUT2D eigenvalue weighted by Gasteiger charge is -2.07. The van der Waals surface area contributed by atoms with E-state index in [-0.39, 0.29) is 29.1 Å². The van der Waals surface area contributed by atoms with Gasteiger partial charge in [0, 0.05) is 17.5 Å². The van der Waals surface area contributed by atoms with Gasteiger partial charge in [0.25, 0.3) is 0 Å². The largest absolute Gasteiger partial charge is 0.506 e. The SMILES string of the molecule is COC(=O)CC1COc2cc(O)c(Cl)cc21. The molecule has 1 N–H and O–H groups in total. The zero-order valence-electron chi connectivity index (χ0n) is 8.70. The zero-order valence-corrected chi connectivity index (χ0v) is 9.45. The van der Waals surface area contributed by atoms with Crippen molar-refractivity contribution in [1.29, 1.82) is 0 Å². The Morgan fingerprint density at radius 3 is 3.12 bits per heavy atom. The van der Waals surface area contributed by atoms with Gasteiger partial charge in [-0.2, -0.15) is 0 Å². The van der Waals surface area contributed by atoms with E-state index >= 15 is 0 Å². The Morgan fingerprint density at radius 1 is 1.69 bits per heavy atom. The lowest BCUT2D eigenvalue weighted by molar-refractivity contribution is -0.141. The second kappa shape index (κ2) is 4.22.